The molecule has 0 saturated heterocycles. The van der Waals surface area contributed by atoms with Gasteiger partial charge in [0.1, 0.15) is 12.2 Å². The molecule has 0 spiro atoms. The van der Waals surface area contributed by atoms with Gasteiger partial charge >= 0.3 is 0 Å². The lowest BCUT2D eigenvalue weighted by molar-refractivity contribution is 0.0920. The summed E-state index contributed by atoms with van der Waals surface area (Å²) in [5.74, 6) is 0.747. The van der Waals surface area contributed by atoms with Crippen LogP contribution >= 0.6 is 11.6 Å². The van der Waals surface area contributed by atoms with Crippen molar-refractivity contribution in [2.45, 2.75) is 13.0 Å². The van der Waals surface area contributed by atoms with Gasteiger partial charge in [-0.15, -0.1) is 0 Å². The van der Waals surface area contributed by atoms with Gasteiger partial charge in [0.25, 0.3) is 0 Å². The number of halogens is 1. The van der Waals surface area contributed by atoms with E-state index in [0.29, 0.717) is 40.0 Å². The first-order valence-corrected chi connectivity index (χ1v) is 8.46. The van der Waals surface area contributed by atoms with E-state index in [0.717, 1.165) is 5.69 Å². The highest BCUT2D eigenvalue weighted by Crippen LogP contribution is 2.38. The lowest BCUT2D eigenvalue weighted by Crippen LogP contribution is -2.18. The Kier molecular flexibility index (Phi) is 5.86. The number of hydrogen-bond acceptors (Lipinski definition) is 7. The van der Waals surface area contributed by atoms with Crippen LogP contribution in [0.1, 0.15) is 12.5 Å². The largest absolute Gasteiger partial charge is 0.485 e. The normalized spacial score (nSPS) is 11.6. The summed E-state index contributed by atoms with van der Waals surface area (Å²) in [7, 11) is 1.58. The molecule has 9 heteroatoms. The summed E-state index contributed by atoms with van der Waals surface area (Å²) in [4.78, 5) is 8.57. The number of nitrogens with one attached hydrogen (secondary N) is 2. The van der Waals surface area contributed by atoms with Crippen molar-refractivity contribution in [3.05, 3.63) is 47.5 Å². The third-order valence-corrected chi connectivity index (χ3v) is 4.03. The average molecular weight is 385 g/mol. The van der Waals surface area contributed by atoms with Crippen LogP contribution in [0.4, 0.5) is 11.6 Å². The third kappa shape index (κ3) is 4.34. The lowest BCUT2D eigenvalue weighted by Gasteiger charge is -2.17. The number of aromatic nitrogens is 4. The third-order valence-electron chi connectivity index (χ3n) is 3.66. The molecule has 1 unspecified atom stereocenters. The van der Waals surface area contributed by atoms with Crippen LogP contribution in [-0.2, 0) is 4.74 Å². The minimum Gasteiger partial charge on any atom is -0.485 e. The maximum Gasteiger partial charge on any atom is 0.227 e. The molecule has 27 heavy (non-hydrogen) atoms. The molecule has 0 aliphatic carbocycles. The van der Waals surface area contributed by atoms with Crippen LogP contribution in [0.15, 0.2) is 36.9 Å². The number of nitrogens with zero attached hydrogens (tertiary/aromatic N) is 4. The molecule has 0 aliphatic heterocycles. The summed E-state index contributed by atoms with van der Waals surface area (Å²) >= 11 is 6.53. The van der Waals surface area contributed by atoms with Crippen LogP contribution in [-0.4, -0.2) is 40.0 Å². The van der Waals surface area contributed by atoms with Crippen LogP contribution in [0.25, 0.3) is 11.1 Å². The molecule has 1 aromatic carbocycles. The first-order chi connectivity index (χ1) is 13.1. The summed E-state index contributed by atoms with van der Waals surface area (Å²) < 4.78 is 10.9. The van der Waals surface area contributed by atoms with Crippen LogP contribution in [0.2, 0.25) is 5.02 Å². The minimum atomic E-state index is -0.257. The molecule has 0 fully saturated rings. The smallest absolute Gasteiger partial charge is 0.227 e. The molecule has 8 nitrogen and oxygen atoms in total. The lowest BCUT2D eigenvalue weighted by atomic mass is 10.1. The number of methoxy groups -OCH3 is 1. The molecule has 3 rings (SSSR count). The van der Waals surface area contributed by atoms with Crippen molar-refractivity contribution in [3.63, 3.8) is 0 Å². The summed E-state index contributed by atoms with van der Waals surface area (Å²) in [6.07, 6.45) is 6.35. The van der Waals surface area contributed by atoms with Crippen molar-refractivity contribution in [2.75, 3.05) is 19.0 Å². The zero-order valence-electron chi connectivity index (χ0n) is 14.7. The number of H-pyrrole nitrogens is 1. The van der Waals surface area contributed by atoms with E-state index in [2.05, 4.69) is 31.6 Å². The Morgan fingerprint density at radius 3 is 2.70 bits per heavy atom. The molecule has 138 valence electrons. The molecule has 2 N–H and O–H groups in total. The van der Waals surface area contributed by atoms with Crippen LogP contribution < -0.4 is 10.1 Å². The second kappa shape index (κ2) is 8.49. The van der Waals surface area contributed by atoms with Crippen molar-refractivity contribution < 1.29 is 9.47 Å². The fourth-order valence-electron chi connectivity index (χ4n) is 2.43. The van der Waals surface area contributed by atoms with Crippen LogP contribution in [0.3, 0.4) is 0 Å². The highest BCUT2D eigenvalue weighted by Gasteiger charge is 2.17. The second-order valence-corrected chi connectivity index (χ2v) is 6.08. The van der Waals surface area contributed by atoms with E-state index in [4.69, 9.17) is 21.1 Å². The minimum absolute atomic E-state index is 0.257. The van der Waals surface area contributed by atoms with Crippen LogP contribution in [0.5, 0.6) is 5.75 Å². The molecule has 1 atom stereocenters. The van der Waals surface area contributed by atoms with Crippen molar-refractivity contribution >= 4 is 23.2 Å². The van der Waals surface area contributed by atoms with Crippen molar-refractivity contribution in [1.29, 1.82) is 5.26 Å². The second-order valence-electron chi connectivity index (χ2n) is 5.71. The maximum atomic E-state index is 9.35. The molecule has 2 heterocycles. The molecular weight excluding hydrogens is 368 g/mol. The summed E-state index contributed by atoms with van der Waals surface area (Å²) in [5.41, 5.74) is 2.48. The molecule has 3 aromatic rings. The van der Waals surface area contributed by atoms with Gasteiger partial charge in [-0.2, -0.15) is 10.4 Å². The van der Waals surface area contributed by atoms with E-state index in [-0.39, 0.29) is 6.10 Å². The Balaban J connectivity index is 1.88. The van der Waals surface area contributed by atoms with Crippen molar-refractivity contribution in [2.24, 2.45) is 0 Å². The van der Waals surface area contributed by atoms with Gasteiger partial charge in [0, 0.05) is 36.8 Å². The molecule has 0 aliphatic rings. The standard InChI is InChI=1S/C18H17ClN6O2/c1-11(10-26-2)27-17-12(5-20)3-4-15(16(17)19)13-6-21-18(22-7-13)25-14-8-23-24-9-14/h3-4,6-9,11H,10H2,1-2H3,(H,23,24)(H,21,22,25). The number of nitriles is 1. The first-order valence-electron chi connectivity index (χ1n) is 8.08. The van der Waals surface area contributed by atoms with Crippen molar-refractivity contribution in [1.82, 2.24) is 20.2 Å². The van der Waals surface area contributed by atoms with E-state index in [1.54, 1.807) is 44.0 Å². The Labute approximate surface area is 161 Å². The van der Waals surface area contributed by atoms with Gasteiger partial charge in [0.2, 0.25) is 5.95 Å². The van der Waals surface area contributed by atoms with E-state index in [1.807, 2.05) is 6.92 Å². The predicted molar refractivity (Wildman–Crippen MR) is 101 cm³/mol. The molecule has 0 amide bonds. The van der Waals surface area contributed by atoms with Gasteiger partial charge in [-0.1, -0.05) is 17.7 Å². The van der Waals surface area contributed by atoms with E-state index >= 15 is 0 Å². The summed E-state index contributed by atoms with van der Waals surface area (Å²) in [5, 5.41) is 19.2. The maximum absolute atomic E-state index is 9.35. The number of benzene rings is 1. The van der Waals surface area contributed by atoms with Gasteiger partial charge < -0.3 is 14.8 Å². The van der Waals surface area contributed by atoms with E-state index in [1.165, 1.54) is 0 Å². The first kappa shape index (κ1) is 18.6. The predicted octanol–water partition coefficient (Wildman–Crippen LogP) is 3.55. The fourth-order valence-corrected chi connectivity index (χ4v) is 2.75. The molecule has 0 radical (unpaired) electrons. The molecule has 0 bridgehead atoms. The highest BCUT2D eigenvalue weighted by atomic mass is 35.5. The van der Waals surface area contributed by atoms with Gasteiger partial charge in [0.05, 0.1) is 29.1 Å². The van der Waals surface area contributed by atoms with Gasteiger partial charge in [-0.3, -0.25) is 5.10 Å². The Morgan fingerprint density at radius 1 is 1.30 bits per heavy atom. The Bertz CT molecular complexity index is 938. The van der Waals surface area contributed by atoms with Gasteiger partial charge in [-0.25, -0.2) is 9.97 Å². The van der Waals surface area contributed by atoms with Crippen LogP contribution in [0, 0.1) is 11.3 Å². The van der Waals surface area contributed by atoms with E-state index < -0.39 is 0 Å². The number of hydrogen-bond donors (Lipinski definition) is 2. The van der Waals surface area contributed by atoms with Gasteiger partial charge in [-0.05, 0) is 13.0 Å². The topological polar surface area (TPSA) is 109 Å². The molecule has 0 saturated carbocycles. The van der Waals surface area contributed by atoms with Gasteiger partial charge in [0.15, 0.2) is 5.75 Å². The Morgan fingerprint density at radius 2 is 2.07 bits per heavy atom. The van der Waals surface area contributed by atoms with Crippen molar-refractivity contribution in [3.8, 4) is 22.9 Å². The SMILES string of the molecule is COCC(C)Oc1c(C#N)ccc(-c2cnc(Nc3cn[nH]c3)nc2)c1Cl. The molecule has 2 aromatic heterocycles. The fraction of sp³-hybridized carbons (Fsp3) is 0.222. The monoisotopic (exact) mass is 384 g/mol. The average Bonchev–Trinajstić information content (AvgIpc) is 3.17. The number of anilines is 2. The molecular formula is C18H17ClN6O2. The number of ether oxygens (including phenoxy) is 2. The Hall–Kier alpha value is -3.15. The zero-order valence-corrected chi connectivity index (χ0v) is 15.5. The summed E-state index contributed by atoms with van der Waals surface area (Å²) in [6, 6.07) is 5.50. The van der Waals surface area contributed by atoms with E-state index in [9.17, 15) is 5.26 Å². The summed E-state index contributed by atoms with van der Waals surface area (Å²) in [6.45, 7) is 2.22. The number of aromatic amines is 1. The highest BCUT2D eigenvalue weighted by molar-refractivity contribution is 6.35. The number of rotatable bonds is 7. The quantitative estimate of drug-likeness (QED) is 0.641. The zero-order chi connectivity index (χ0) is 19.2.